The highest BCUT2D eigenvalue weighted by molar-refractivity contribution is 7.99. The number of rotatable bonds is 10. The molecule has 78 valence electrons. The van der Waals surface area contributed by atoms with Crippen LogP contribution in [0.3, 0.4) is 0 Å². The summed E-state index contributed by atoms with van der Waals surface area (Å²) < 4.78 is 0. The lowest BCUT2D eigenvalue weighted by Crippen LogP contribution is -1.91. The summed E-state index contributed by atoms with van der Waals surface area (Å²) in [6, 6.07) is 0. The summed E-state index contributed by atoms with van der Waals surface area (Å²) in [7, 11) is 0. The third-order valence-electron chi connectivity index (χ3n) is 2.35. The molecule has 0 spiro atoms. The smallest absolute Gasteiger partial charge is 0.162 e. The van der Waals surface area contributed by atoms with E-state index in [0.717, 1.165) is 0 Å². The molecule has 0 aromatic rings. The zero-order valence-corrected chi connectivity index (χ0v) is 11.7. The molecule has 0 bridgehead atoms. The molecule has 13 heavy (non-hydrogen) atoms. The van der Waals surface area contributed by atoms with Gasteiger partial charge in [-0.2, -0.15) is 11.8 Å². The van der Waals surface area contributed by atoms with Crippen LogP contribution in [-0.2, 0) is 0 Å². The highest BCUT2D eigenvalue weighted by Gasteiger charge is 1.94. The molecule has 0 aromatic carbocycles. The van der Waals surface area contributed by atoms with Gasteiger partial charge in [0, 0.05) is 0 Å². The maximum Gasteiger partial charge on any atom is 0.236 e. The van der Waals surface area contributed by atoms with Crippen molar-refractivity contribution in [2.24, 2.45) is 0 Å². The van der Waals surface area contributed by atoms with Crippen molar-refractivity contribution in [1.29, 1.82) is 0 Å². The Hall–Kier alpha value is 0.882. The summed E-state index contributed by atoms with van der Waals surface area (Å²) in [5, 5.41) is 3.20. The van der Waals surface area contributed by atoms with Crippen LogP contribution in [0.2, 0.25) is 10.6 Å². The molecule has 0 heterocycles. The highest BCUT2D eigenvalue weighted by Crippen LogP contribution is 2.07. The van der Waals surface area contributed by atoms with Gasteiger partial charge in [0.25, 0.3) is 0 Å². The van der Waals surface area contributed by atoms with Gasteiger partial charge in [0.15, 0.2) is 0 Å². The first-order valence-corrected chi connectivity index (χ1v) is 9.15. The first-order valence-electron chi connectivity index (χ1n) is 5.99. The zero-order chi connectivity index (χ0) is 9.78. The second-order valence-electron chi connectivity index (χ2n) is 3.67. The average molecular weight is 216 g/mol. The van der Waals surface area contributed by atoms with Crippen LogP contribution in [0.1, 0.15) is 46.0 Å². The molecule has 2 heteroatoms. The molecular formula is C11H25AlS. The van der Waals surface area contributed by atoms with E-state index in [1.54, 1.807) is 10.6 Å². The largest absolute Gasteiger partial charge is 0.236 e. The summed E-state index contributed by atoms with van der Waals surface area (Å²) in [6.45, 7) is 4.55. The second-order valence-corrected chi connectivity index (χ2v) is 7.19. The van der Waals surface area contributed by atoms with Gasteiger partial charge in [0.1, 0.15) is 0 Å². The summed E-state index contributed by atoms with van der Waals surface area (Å²) >= 11 is 2.44. The molecule has 0 rings (SSSR count). The van der Waals surface area contributed by atoms with Crippen molar-refractivity contribution in [1.82, 2.24) is 0 Å². The van der Waals surface area contributed by atoms with Crippen molar-refractivity contribution in [2.45, 2.75) is 56.5 Å². The van der Waals surface area contributed by atoms with Crippen LogP contribution >= 0.6 is 11.8 Å². The van der Waals surface area contributed by atoms with Crippen LogP contribution in [0.4, 0.5) is 0 Å². The van der Waals surface area contributed by atoms with E-state index in [9.17, 15) is 0 Å². The van der Waals surface area contributed by atoms with Crippen LogP contribution < -0.4 is 0 Å². The maximum atomic E-state index is 2.29. The fourth-order valence-corrected chi connectivity index (χ4v) is 4.21. The molecule has 0 radical (unpaired) electrons. The predicted octanol–water partition coefficient (Wildman–Crippen LogP) is 3.98. The molecule has 0 amide bonds. The normalized spacial score (nSPS) is 10.3. The van der Waals surface area contributed by atoms with Crippen molar-refractivity contribution in [3.05, 3.63) is 0 Å². The summed E-state index contributed by atoms with van der Waals surface area (Å²) in [4.78, 5) is 0. The molecule has 0 aliphatic heterocycles. The van der Waals surface area contributed by atoms with Crippen LogP contribution in [-0.4, -0.2) is 26.7 Å². The lowest BCUT2D eigenvalue weighted by Gasteiger charge is -1.98. The number of thioether (sulfide) groups is 1. The van der Waals surface area contributed by atoms with Crippen molar-refractivity contribution in [3.8, 4) is 0 Å². The van der Waals surface area contributed by atoms with Crippen molar-refractivity contribution in [3.63, 3.8) is 0 Å². The number of hydrogen-bond acceptors (Lipinski definition) is 1. The lowest BCUT2D eigenvalue weighted by molar-refractivity contribution is 0.699. The predicted molar refractivity (Wildman–Crippen MR) is 68.5 cm³/mol. The minimum Gasteiger partial charge on any atom is -0.162 e. The van der Waals surface area contributed by atoms with Gasteiger partial charge in [-0.05, 0) is 11.5 Å². The van der Waals surface area contributed by atoms with Crippen LogP contribution in [0.5, 0.6) is 0 Å². The van der Waals surface area contributed by atoms with Gasteiger partial charge in [0.05, 0.1) is 0 Å². The van der Waals surface area contributed by atoms with E-state index in [1.807, 2.05) is 0 Å². The Kier molecular flexibility index (Phi) is 13.8. The molecular weight excluding hydrogens is 191 g/mol. The third-order valence-corrected chi connectivity index (χ3v) is 5.33. The van der Waals surface area contributed by atoms with Gasteiger partial charge in [-0.3, -0.25) is 0 Å². The molecule has 0 saturated carbocycles. The molecule has 0 atom stereocenters. The van der Waals surface area contributed by atoms with Gasteiger partial charge in [-0.1, -0.05) is 56.5 Å². The Labute approximate surface area is 95.0 Å². The number of unbranched alkanes of at least 4 members (excludes halogenated alkanes) is 3. The van der Waals surface area contributed by atoms with Crippen LogP contribution in [0.15, 0.2) is 0 Å². The van der Waals surface area contributed by atoms with Crippen molar-refractivity contribution < 1.29 is 0 Å². The summed E-state index contributed by atoms with van der Waals surface area (Å²) in [5.74, 6) is 2.72. The quantitative estimate of drug-likeness (QED) is 0.393. The second kappa shape index (κ2) is 12.9. The molecule has 0 nitrogen and oxygen atoms in total. The Morgan fingerprint density at radius 2 is 1.69 bits per heavy atom. The van der Waals surface area contributed by atoms with E-state index >= 15 is 0 Å². The summed E-state index contributed by atoms with van der Waals surface area (Å²) in [5.41, 5.74) is 0. The fraction of sp³-hybridized carbons (Fsp3) is 1.00. The van der Waals surface area contributed by atoms with Crippen LogP contribution in [0, 0.1) is 0 Å². The Morgan fingerprint density at radius 3 is 2.38 bits per heavy atom. The minimum atomic E-state index is 0.342. The van der Waals surface area contributed by atoms with Gasteiger partial charge in [-0.15, -0.1) is 0 Å². The van der Waals surface area contributed by atoms with Crippen molar-refractivity contribution in [2.75, 3.05) is 11.5 Å². The van der Waals surface area contributed by atoms with E-state index in [-0.39, 0.29) is 0 Å². The molecule has 0 aliphatic rings. The molecule has 0 aliphatic carbocycles. The maximum absolute atomic E-state index is 2.29. The Morgan fingerprint density at radius 1 is 0.923 bits per heavy atom. The first kappa shape index (κ1) is 13.9. The lowest BCUT2D eigenvalue weighted by atomic mass is 10.2. The molecule has 0 fully saturated rings. The van der Waals surface area contributed by atoms with Gasteiger partial charge in [-0.25, -0.2) is 0 Å². The first-order chi connectivity index (χ1) is 6.41. The van der Waals surface area contributed by atoms with Gasteiger partial charge >= 0.3 is 0 Å². The fourth-order valence-electron chi connectivity index (χ4n) is 1.48. The molecule has 0 aromatic heterocycles. The van der Waals surface area contributed by atoms with E-state index in [1.165, 1.54) is 43.6 Å². The topological polar surface area (TPSA) is 0 Å². The highest BCUT2D eigenvalue weighted by atomic mass is 32.2. The number of hydrogen-bond donors (Lipinski definition) is 0. The molecule has 0 N–H and O–H groups in total. The Balaban J connectivity index is 2.76. The molecule has 0 unspecified atom stereocenters. The van der Waals surface area contributed by atoms with E-state index < -0.39 is 0 Å². The van der Waals surface area contributed by atoms with E-state index in [4.69, 9.17) is 0 Å². The molecule has 0 saturated heterocycles. The zero-order valence-electron chi connectivity index (χ0n) is 9.48. The minimum absolute atomic E-state index is 0.342. The summed E-state index contributed by atoms with van der Waals surface area (Å²) in [6.07, 6.45) is 7.36. The van der Waals surface area contributed by atoms with Crippen molar-refractivity contribution >= 4 is 27.0 Å². The standard InChI is InChI=1S/C6H13.C5H11S.Al.H/c2*1-3-5-6-4-2;;/h1,3-6H2,2H3;1,3-5H2,2H3;;. The van der Waals surface area contributed by atoms with Gasteiger partial charge < -0.3 is 0 Å². The van der Waals surface area contributed by atoms with Crippen LogP contribution in [0.25, 0.3) is 0 Å². The van der Waals surface area contributed by atoms with E-state index in [0.29, 0.717) is 15.2 Å². The third kappa shape index (κ3) is 12.9. The van der Waals surface area contributed by atoms with E-state index in [2.05, 4.69) is 25.6 Å². The monoisotopic (exact) mass is 216 g/mol. The Bertz CT molecular complexity index is 76.2. The average Bonchev–Trinajstić information content (AvgIpc) is 2.16. The van der Waals surface area contributed by atoms with Gasteiger partial charge in [0.2, 0.25) is 15.2 Å². The SMILES string of the molecule is CCCCC[CH2][AlH][CH2]CCSCC.